The van der Waals surface area contributed by atoms with Gasteiger partial charge in [-0.15, -0.1) is 0 Å². The molecule has 0 radical (unpaired) electrons. The molecule has 1 aromatic rings. The fourth-order valence-electron chi connectivity index (χ4n) is 1.05. The number of likely N-dealkylation sites (N-methyl/N-ethyl adjacent to an activating group) is 1. The van der Waals surface area contributed by atoms with Crippen molar-refractivity contribution in [1.82, 2.24) is 4.31 Å². The van der Waals surface area contributed by atoms with Gasteiger partial charge in [0.05, 0.1) is 5.69 Å². The Morgan fingerprint density at radius 1 is 1.53 bits per heavy atom. The molecule has 1 rings (SSSR count). The summed E-state index contributed by atoms with van der Waals surface area (Å²) >= 11 is 5.70. The quantitative estimate of drug-likeness (QED) is 0.842. The van der Waals surface area contributed by atoms with E-state index in [0.29, 0.717) is 9.33 Å². The van der Waals surface area contributed by atoms with E-state index in [1.807, 2.05) is 0 Å². The van der Waals surface area contributed by atoms with Gasteiger partial charge in [0.2, 0.25) is 0 Å². The number of carbonyl (C=O) groups is 1. The average molecular weight is 279 g/mol. The van der Waals surface area contributed by atoms with E-state index in [0.717, 1.165) is 0 Å². The van der Waals surface area contributed by atoms with Crippen LogP contribution < -0.4 is 4.72 Å². The van der Waals surface area contributed by atoms with Crippen molar-refractivity contribution in [2.45, 2.75) is 0 Å². The molecule has 1 aromatic carbocycles. The maximum absolute atomic E-state index is 11.7. The lowest BCUT2D eigenvalue weighted by molar-refractivity contribution is -0.137. The Morgan fingerprint density at radius 2 is 2.18 bits per heavy atom. The summed E-state index contributed by atoms with van der Waals surface area (Å²) in [4.78, 5) is 10.4. The van der Waals surface area contributed by atoms with Crippen molar-refractivity contribution >= 4 is 33.5 Å². The van der Waals surface area contributed by atoms with Gasteiger partial charge in [-0.25, -0.2) is 0 Å². The molecule has 0 aliphatic heterocycles. The molecule has 0 spiro atoms. The fourth-order valence-corrected chi connectivity index (χ4v) is 2.11. The molecule has 0 fully saturated rings. The minimum Gasteiger partial charge on any atom is -0.480 e. The second kappa shape index (κ2) is 5.35. The monoisotopic (exact) mass is 278 g/mol. The van der Waals surface area contributed by atoms with Crippen LogP contribution in [0.3, 0.4) is 0 Å². The highest BCUT2D eigenvalue weighted by Crippen LogP contribution is 2.16. The Labute approximate surface area is 104 Å². The summed E-state index contributed by atoms with van der Waals surface area (Å²) in [7, 11) is -2.71. The standard InChI is InChI=1S/C9H11ClN2O4S/c1-12(6-9(13)14)17(15,16)11-8-4-2-3-7(10)5-8/h2-5,11H,6H2,1H3,(H,13,14). The van der Waals surface area contributed by atoms with Crippen molar-refractivity contribution in [2.75, 3.05) is 18.3 Å². The summed E-state index contributed by atoms with van der Waals surface area (Å²) in [5.41, 5.74) is 0.273. The Hall–Kier alpha value is -1.31. The molecule has 0 amide bonds. The molecule has 0 atom stereocenters. The van der Waals surface area contributed by atoms with Gasteiger partial charge in [-0.1, -0.05) is 17.7 Å². The van der Waals surface area contributed by atoms with E-state index in [-0.39, 0.29) is 5.69 Å². The number of rotatable bonds is 5. The third-order valence-electron chi connectivity index (χ3n) is 1.84. The summed E-state index contributed by atoms with van der Waals surface area (Å²) in [6.07, 6.45) is 0. The molecule has 0 aromatic heterocycles. The van der Waals surface area contributed by atoms with Crippen LogP contribution in [0.25, 0.3) is 0 Å². The molecule has 0 aliphatic carbocycles. The molecule has 0 aliphatic rings. The number of hydrogen-bond donors (Lipinski definition) is 2. The number of nitrogens with zero attached hydrogens (tertiary/aromatic N) is 1. The van der Waals surface area contributed by atoms with Crippen LogP contribution in [0.15, 0.2) is 24.3 Å². The Morgan fingerprint density at radius 3 is 2.71 bits per heavy atom. The van der Waals surface area contributed by atoms with Crippen LogP contribution in [0.4, 0.5) is 5.69 Å². The van der Waals surface area contributed by atoms with Crippen molar-refractivity contribution in [3.63, 3.8) is 0 Å². The molecule has 6 nitrogen and oxygen atoms in total. The van der Waals surface area contributed by atoms with E-state index in [9.17, 15) is 13.2 Å². The minimum atomic E-state index is -3.88. The first-order valence-electron chi connectivity index (χ1n) is 4.53. The number of nitrogens with one attached hydrogen (secondary N) is 1. The Balaban J connectivity index is 2.83. The van der Waals surface area contributed by atoms with Crippen molar-refractivity contribution < 1.29 is 18.3 Å². The molecule has 0 saturated heterocycles. The highest BCUT2D eigenvalue weighted by Gasteiger charge is 2.19. The average Bonchev–Trinajstić information content (AvgIpc) is 2.15. The van der Waals surface area contributed by atoms with Gasteiger partial charge in [0.25, 0.3) is 0 Å². The second-order valence-electron chi connectivity index (χ2n) is 3.27. The van der Waals surface area contributed by atoms with Crippen LogP contribution in [0, 0.1) is 0 Å². The summed E-state index contributed by atoms with van der Waals surface area (Å²) in [6.45, 7) is -0.615. The van der Waals surface area contributed by atoms with Crippen molar-refractivity contribution in [2.24, 2.45) is 0 Å². The van der Waals surface area contributed by atoms with E-state index < -0.39 is 22.7 Å². The van der Waals surface area contributed by atoms with Gasteiger partial charge in [-0.3, -0.25) is 9.52 Å². The van der Waals surface area contributed by atoms with Crippen LogP contribution in [0.1, 0.15) is 0 Å². The van der Waals surface area contributed by atoms with Crippen LogP contribution in [0.2, 0.25) is 5.02 Å². The summed E-state index contributed by atoms with van der Waals surface area (Å²) < 4.78 is 26.2. The molecule has 94 valence electrons. The molecule has 2 N–H and O–H groups in total. The maximum Gasteiger partial charge on any atom is 0.318 e. The number of halogens is 1. The maximum atomic E-state index is 11.7. The van der Waals surface area contributed by atoms with Crippen molar-refractivity contribution in [1.29, 1.82) is 0 Å². The van der Waals surface area contributed by atoms with Crippen molar-refractivity contribution in [3.8, 4) is 0 Å². The highest BCUT2D eigenvalue weighted by atomic mass is 35.5. The van der Waals surface area contributed by atoms with Gasteiger partial charge >= 0.3 is 16.2 Å². The van der Waals surface area contributed by atoms with Crippen LogP contribution in [-0.2, 0) is 15.0 Å². The van der Waals surface area contributed by atoms with E-state index in [2.05, 4.69) is 4.72 Å². The minimum absolute atomic E-state index is 0.273. The Kier molecular flexibility index (Phi) is 4.33. The Bertz CT molecular complexity index is 517. The zero-order valence-electron chi connectivity index (χ0n) is 8.92. The van der Waals surface area contributed by atoms with Gasteiger partial charge in [0.1, 0.15) is 6.54 Å². The smallest absolute Gasteiger partial charge is 0.318 e. The lowest BCUT2D eigenvalue weighted by atomic mass is 10.3. The zero-order valence-corrected chi connectivity index (χ0v) is 10.5. The molecule has 0 unspecified atom stereocenters. The van der Waals surface area contributed by atoms with Crippen LogP contribution >= 0.6 is 11.6 Å². The van der Waals surface area contributed by atoms with Crippen LogP contribution in [0.5, 0.6) is 0 Å². The first kappa shape index (κ1) is 13.8. The van der Waals surface area contributed by atoms with Gasteiger partial charge in [0.15, 0.2) is 0 Å². The third-order valence-corrected chi connectivity index (χ3v) is 3.52. The number of aliphatic carboxylic acids is 1. The van der Waals surface area contributed by atoms with Crippen molar-refractivity contribution in [3.05, 3.63) is 29.3 Å². The predicted octanol–water partition coefficient (Wildman–Crippen LogP) is 1.01. The molecule has 0 bridgehead atoms. The SMILES string of the molecule is CN(CC(=O)O)S(=O)(=O)Nc1cccc(Cl)c1. The fraction of sp³-hybridized carbons (Fsp3) is 0.222. The number of carboxylic acids is 1. The van der Waals surface area contributed by atoms with Gasteiger partial charge in [-0.2, -0.15) is 12.7 Å². The first-order valence-corrected chi connectivity index (χ1v) is 6.34. The van der Waals surface area contributed by atoms with Crippen LogP contribution in [-0.4, -0.2) is 37.4 Å². The van der Waals surface area contributed by atoms with E-state index in [4.69, 9.17) is 16.7 Å². The third kappa shape index (κ3) is 4.22. The summed E-state index contributed by atoms with van der Waals surface area (Å²) in [5.74, 6) is -1.23. The van der Waals surface area contributed by atoms with Gasteiger partial charge in [-0.05, 0) is 18.2 Å². The first-order chi connectivity index (χ1) is 7.81. The molecule has 0 heterocycles. The number of benzene rings is 1. The van der Waals surface area contributed by atoms with E-state index >= 15 is 0 Å². The number of hydrogen-bond acceptors (Lipinski definition) is 3. The molecule has 17 heavy (non-hydrogen) atoms. The summed E-state index contributed by atoms with van der Waals surface area (Å²) in [5, 5.41) is 8.88. The normalized spacial score (nSPS) is 11.5. The predicted molar refractivity (Wildman–Crippen MR) is 64.3 cm³/mol. The lowest BCUT2D eigenvalue weighted by Gasteiger charge is -2.16. The second-order valence-corrected chi connectivity index (χ2v) is 5.48. The van der Waals surface area contributed by atoms with Gasteiger partial charge in [0, 0.05) is 12.1 Å². The highest BCUT2D eigenvalue weighted by molar-refractivity contribution is 7.90. The topological polar surface area (TPSA) is 86.7 Å². The number of anilines is 1. The number of carboxylic acid groups (broad SMARTS) is 1. The van der Waals surface area contributed by atoms with E-state index in [1.165, 1.54) is 19.2 Å². The van der Waals surface area contributed by atoms with E-state index in [1.54, 1.807) is 12.1 Å². The van der Waals surface area contributed by atoms with Gasteiger partial charge < -0.3 is 5.11 Å². The molecule has 0 saturated carbocycles. The molecular weight excluding hydrogens is 268 g/mol. The lowest BCUT2D eigenvalue weighted by Crippen LogP contribution is -2.36. The largest absolute Gasteiger partial charge is 0.480 e. The summed E-state index contributed by atoms with van der Waals surface area (Å²) in [6, 6.07) is 6.11. The molecular formula is C9H11ClN2O4S. The molecule has 8 heteroatoms. The zero-order chi connectivity index (χ0) is 13.1.